The predicted molar refractivity (Wildman–Crippen MR) is 217 cm³/mol. The fourth-order valence-corrected chi connectivity index (χ4v) is 11.4. The van der Waals surface area contributed by atoms with Gasteiger partial charge in [-0.15, -0.1) is 6.04 Å². The van der Waals surface area contributed by atoms with Crippen LogP contribution in [0.4, 0.5) is 0 Å². The van der Waals surface area contributed by atoms with Crippen molar-refractivity contribution in [2.45, 2.75) is 121 Å². The molecule has 11 atom stereocenters. The van der Waals surface area contributed by atoms with E-state index < -0.39 is 119 Å². The van der Waals surface area contributed by atoms with E-state index in [4.69, 9.17) is 26.0 Å². The van der Waals surface area contributed by atoms with Crippen LogP contribution in [0.1, 0.15) is 104 Å². The van der Waals surface area contributed by atoms with Gasteiger partial charge < -0.3 is 47.0 Å². The largest absolute Gasteiger partial charge is 2.00 e. The number of primary amides is 1. The molecule has 0 saturated carbocycles. The Hall–Kier alpha value is -5.46. The molecule has 21 heteroatoms. The van der Waals surface area contributed by atoms with Gasteiger partial charge in [-0.1, -0.05) is 19.9 Å². The Bertz CT molecular complexity index is 2120. The second-order valence-corrected chi connectivity index (χ2v) is 18.1. The molecule has 6 aliphatic heterocycles. The number of carbonyl (C=O) groups excluding carboxylic acids is 2. The molecule has 0 aliphatic carbocycles. The number of carboxylic acids is 6. The molecule has 6 rings (SSSR count). The van der Waals surface area contributed by atoms with Gasteiger partial charge in [0.1, 0.15) is 5.66 Å². The number of aliphatic carboxylic acids is 6. The number of nitrogens with one attached hydrogen (secondary N) is 1. The van der Waals surface area contributed by atoms with Crippen LogP contribution < -0.4 is 11.1 Å². The van der Waals surface area contributed by atoms with E-state index in [9.17, 15) is 69.0 Å². The smallest absolute Gasteiger partial charge is 0.684 e. The van der Waals surface area contributed by atoms with Gasteiger partial charge >= 0.3 is 52.3 Å². The van der Waals surface area contributed by atoms with Gasteiger partial charge in [0, 0.05) is 103 Å². The first-order chi connectivity index (χ1) is 29.0. The Morgan fingerprint density at radius 2 is 1.37 bits per heavy atom. The van der Waals surface area contributed by atoms with Gasteiger partial charge in [-0.2, -0.15) is 5.70 Å². The third kappa shape index (κ3) is 9.87. The van der Waals surface area contributed by atoms with Gasteiger partial charge in [0.15, 0.2) is 0 Å². The second kappa shape index (κ2) is 18.7. The van der Waals surface area contributed by atoms with E-state index in [1.807, 2.05) is 0 Å². The van der Waals surface area contributed by atoms with Crippen LogP contribution >= 0.6 is 0 Å². The molecule has 0 unspecified atom stereocenters. The second-order valence-electron chi connectivity index (χ2n) is 18.1. The zero-order valence-electron chi connectivity index (χ0n) is 34.8. The fourth-order valence-electron chi connectivity index (χ4n) is 11.4. The van der Waals surface area contributed by atoms with Crippen LogP contribution in [0.25, 0.3) is 5.32 Å². The topological polar surface area (TPSA) is 347 Å². The number of nitrogens with zero attached hydrogens (tertiary/aromatic N) is 4. The number of carboxylic acid groups (broad SMARTS) is 6. The summed E-state index contributed by atoms with van der Waals surface area (Å²) in [4.78, 5) is 115. The van der Waals surface area contributed by atoms with Crippen molar-refractivity contribution in [3.8, 4) is 0 Å². The van der Waals surface area contributed by atoms with Crippen LogP contribution in [-0.2, 0) is 54.8 Å². The Morgan fingerprint density at radius 1 is 0.778 bits per heavy atom. The molecule has 344 valence electrons. The van der Waals surface area contributed by atoms with E-state index in [0.717, 1.165) is 0 Å². The quantitative estimate of drug-likeness (QED) is 0.0916. The van der Waals surface area contributed by atoms with E-state index in [1.165, 1.54) is 0 Å². The first kappa shape index (κ1) is 48.6. The fraction of sp³-hybridized carbons (Fsp3) is 0.643. The summed E-state index contributed by atoms with van der Waals surface area (Å²) in [5.41, 5.74) is 3.55. The van der Waals surface area contributed by atoms with E-state index >= 15 is 0 Å². The van der Waals surface area contributed by atoms with Gasteiger partial charge in [-0.25, -0.2) is 0 Å². The number of hydrogen-bond acceptors (Lipinski definition) is 11. The van der Waals surface area contributed by atoms with Gasteiger partial charge in [0.05, 0.1) is 12.5 Å². The van der Waals surface area contributed by atoms with E-state index in [1.54, 1.807) is 26.0 Å². The number of aliphatic imine (C=N–C) groups is 3. The molecule has 0 aromatic carbocycles. The number of amides is 2. The minimum absolute atomic E-state index is 0. The molecule has 6 aliphatic rings. The standard InChI is InChI=1S/C42H54N6O14.Ni/c1-40(17-32(43)49)23(5-9-36(55)56)30-16-42-41(2,18-33(50)48-42)24(6-10-37(57)58)29(47-42)14-27-21(11-38(59)60)19(3-7-34(51)52)25(44-27)13-26-20(4-8-35(53)54)22(12-39(61)62)28(45-26)15-31(40)46-30;/h13-14,19-24,28,30H,3-12,15-18H2,1-2H3,(H10,43,44,45,47,48,49,50,51,52,53,54,55,56,57,58,59,60,61,62);/q;+2/p-1/t19-,20-,21-,22-,23+,24+,28+,30-,40-,41-,42-;/m0./s1. The van der Waals surface area contributed by atoms with Gasteiger partial charge in [0.25, 0.3) is 0 Å². The van der Waals surface area contributed by atoms with Crippen LogP contribution in [0.2, 0.25) is 0 Å². The molecular formula is C42H53N6NiO14+. The number of fused-ring (bicyclic) bond motifs is 4. The van der Waals surface area contributed by atoms with Gasteiger partial charge in [0.2, 0.25) is 11.8 Å². The molecule has 2 fully saturated rings. The van der Waals surface area contributed by atoms with Crippen molar-refractivity contribution in [3.05, 3.63) is 28.9 Å². The Balaban J connectivity index is 0.00000748. The van der Waals surface area contributed by atoms with Crippen molar-refractivity contribution in [2.75, 3.05) is 0 Å². The minimum atomic E-state index is -1.47. The molecule has 2 saturated heterocycles. The normalized spacial score (nSPS) is 34.7. The van der Waals surface area contributed by atoms with E-state index in [2.05, 4.69) is 5.32 Å². The maximum atomic E-state index is 13.6. The zero-order chi connectivity index (χ0) is 45.5. The number of carbonyl (C=O) groups is 8. The van der Waals surface area contributed by atoms with E-state index in [0.29, 0.717) is 11.4 Å². The van der Waals surface area contributed by atoms with Gasteiger partial charge in [-0.3, -0.25) is 53.3 Å². The maximum Gasteiger partial charge on any atom is 2.00 e. The summed E-state index contributed by atoms with van der Waals surface area (Å²) in [5, 5.41) is 67.8. The number of nitrogens with two attached hydrogens (primary N) is 1. The number of allylic oxidation sites excluding steroid dienone is 4. The molecule has 9 N–H and O–H groups in total. The number of hydrogen-bond donors (Lipinski definition) is 8. The molecule has 0 aromatic rings. The summed E-state index contributed by atoms with van der Waals surface area (Å²) in [6.07, 6.45) is 0.248. The summed E-state index contributed by atoms with van der Waals surface area (Å²) >= 11 is 0. The predicted octanol–water partition coefficient (Wildman–Crippen LogP) is 3.24. The molecular weight excluding hydrogens is 871 g/mol. The summed E-state index contributed by atoms with van der Waals surface area (Å²) in [6, 6.07) is -1.69. The molecule has 1 spiro atoms. The zero-order valence-corrected chi connectivity index (χ0v) is 35.8. The Kier molecular flexibility index (Phi) is 14.4. The van der Waals surface area contributed by atoms with Crippen LogP contribution in [0.3, 0.4) is 0 Å². The van der Waals surface area contributed by atoms with E-state index in [-0.39, 0.29) is 117 Å². The van der Waals surface area contributed by atoms with Crippen molar-refractivity contribution < 1.29 is 85.5 Å². The molecule has 8 bridgehead atoms. The molecule has 0 aromatic heterocycles. The molecule has 20 nitrogen and oxygen atoms in total. The van der Waals surface area contributed by atoms with Gasteiger partial charge in [-0.05, 0) is 55.9 Å². The van der Waals surface area contributed by atoms with Crippen LogP contribution in [-0.4, -0.2) is 113 Å². The third-order valence-corrected chi connectivity index (χ3v) is 14.2. The summed E-state index contributed by atoms with van der Waals surface area (Å²) in [6.45, 7) is 3.55. The minimum Gasteiger partial charge on any atom is -0.684 e. The SMILES string of the molecule is C[C@@]12CC(=O)N[C@@]13C[C@@H]1N=C(C[C@H]4[N-]C(=CC5=N/C(=C\C(=N3)[C@H]2CCC(=O)O)[C@@H](CC(=O)O)[C@@H]5CCC(=O)O)[C@@H](CCC(=O)O)[C@@H]4CC(=O)O)[C@@](C)(CC(N)=O)[C@@H]1CCC(=O)O.[Ni+2]. The van der Waals surface area contributed by atoms with Crippen LogP contribution in [0.15, 0.2) is 38.5 Å². The van der Waals surface area contributed by atoms with Crippen molar-refractivity contribution in [1.82, 2.24) is 5.32 Å². The summed E-state index contributed by atoms with van der Waals surface area (Å²) in [7, 11) is 0. The monoisotopic (exact) mass is 923 g/mol. The average molecular weight is 925 g/mol. The summed E-state index contributed by atoms with van der Waals surface area (Å²) in [5.74, 6) is -12.8. The van der Waals surface area contributed by atoms with Crippen molar-refractivity contribution in [2.24, 2.45) is 67.0 Å². The third-order valence-electron chi connectivity index (χ3n) is 14.2. The van der Waals surface area contributed by atoms with Crippen molar-refractivity contribution >= 4 is 64.8 Å². The molecule has 6 heterocycles. The Morgan fingerprint density at radius 3 is 1.95 bits per heavy atom. The van der Waals surface area contributed by atoms with Crippen molar-refractivity contribution in [3.63, 3.8) is 0 Å². The maximum absolute atomic E-state index is 13.6. The average Bonchev–Trinajstić information content (AvgIpc) is 3.82. The molecule has 2 amide bonds. The summed E-state index contributed by atoms with van der Waals surface area (Å²) < 4.78 is 0. The molecule has 63 heavy (non-hydrogen) atoms. The number of rotatable bonds is 18. The van der Waals surface area contributed by atoms with Crippen molar-refractivity contribution in [1.29, 1.82) is 0 Å². The van der Waals surface area contributed by atoms with Crippen LogP contribution in [0, 0.1) is 46.3 Å². The van der Waals surface area contributed by atoms with Crippen LogP contribution in [0.5, 0.6) is 0 Å². The Labute approximate surface area is 372 Å². The first-order valence-electron chi connectivity index (χ1n) is 20.9. The first-order valence-corrected chi connectivity index (χ1v) is 20.9. The molecule has 0 radical (unpaired) electrons.